The summed E-state index contributed by atoms with van der Waals surface area (Å²) in [5, 5.41) is 2.95. The molecule has 0 unspecified atom stereocenters. The van der Waals surface area contributed by atoms with Crippen LogP contribution in [0.1, 0.15) is 0 Å². The molecule has 1 rings (SSSR count). The van der Waals surface area contributed by atoms with Crippen molar-refractivity contribution in [2.75, 3.05) is 0 Å². The van der Waals surface area contributed by atoms with Gasteiger partial charge in [-0.15, -0.1) is 0 Å². The molecule has 0 aliphatic heterocycles. The van der Waals surface area contributed by atoms with Gasteiger partial charge in [0.25, 0.3) is 0 Å². The molecule has 0 atom stereocenters. The van der Waals surface area contributed by atoms with E-state index in [9.17, 15) is 4.39 Å². The number of hydrogen-bond donors (Lipinski definition) is 1. The lowest BCUT2D eigenvalue weighted by Crippen LogP contribution is -1.70. The number of para-hydroxylation sites is 1. The monoisotopic (exact) mass is 124 g/mol. The highest BCUT2D eigenvalue weighted by Crippen LogP contribution is 2.14. The van der Waals surface area contributed by atoms with Gasteiger partial charge in [-0.2, -0.15) is 5.11 Å². The molecule has 0 radical (unpaired) electrons. The Morgan fingerprint density at radius 2 is 2.00 bits per heavy atom. The Hall–Kier alpha value is -1.25. The van der Waals surface area contributed by atoms with Gasteiger partial charge in [0.05, 0.1) is 0 Å². The summed E-state index contributed by atoms with van der Waals surface area (Å²) in [5.41, 5.74) is 6.55. The molecule has 0 saturated carbocycles. The molecule has 46 valence electrons. The average molecular weight is 124 g/mol. The SMILES string of the molecule is N=Nc1ccccc1F. The fourth-order valence-electron chi connectivity index (χ4n) is 0.542. The van der Waals surface area contributed by atoms with Gasteiger partial charge in [0.1, 0.15) is 5.69 Å². The van der Waals surface area contributed by atoms with E-state index in [1.54, 1.807) is 12.1 Å². The van der Waals surface area contributed by atoms with Crippen molar-refractivity contribution < 1.29 is 4.39 Å². The van der Waals surface area contributed by atoms with Crippen molar-refractivity contribution in [3.05, 3.63) is 30.1 Å². The van der Waals surface area contributed by atoms with Crippen LogP contribution in [0.25, 0.3) is 0 Å². The van der Waals surface area contributed by atoms with E-state index in [4.69, 9.17) is 5.53 Å². The third-order valence-corrected chi connectivity index (χ3v) is 0.973. The average Bonchev–Trinajstić information content (AvgIpc) is 1.89. The summed E-state index contributed by atoms with van der Waals surface area (Å²) in [5.74, 6) is -0.451. The number of benzene rings is 1. The molecule has 3 heteroatoms. The van der Waals surface area contributed by atoms with Crippen molar-refractivity contribution in [1.29, 1.82) is 5.53 Å². The third kappa shape index (κ3) is 1.10. The molecule has 0 aromatic heterocycles. The first-order chi connectivity index (χ1) is 4.34. The molecule has 0 aliphatic rings. The van der Waals surface area contributed by atoms with Crippen LogP contribution in [0, 0.1) is 11.3 Å². The predicted octanol–water partition coefficient (Wildman–Crippen LogP) is 2.49. The van der Waals surface area contributed by atoms with Crippen LogP contribution in [0.15, 0.2) is 29.4 Å². The molecule has 0 aliphatic carbocycles. The minimum atomic E-state index is -0.451. The number of halogens is 1. The van der Waals surface area contributed by atoms with Gasteiger partial charge in [-0.3, -0.25) is 0 Å². The molecule has 0 fully saturated rings. The Kier molecular flexibility index (Phi) is 1.53. The maximum atomic E-state index is 12.4. The van der Waals surface area contributed by atoms with E-state index in [0.717, 1.165) is 0 Å². The fourth-order valence-corrected chi connectivity index (χ4v) is 0.542. The molecule has 9 heavy (non-hydrogen) atoms. The van der Waals surface area contributed by atoms with Crippen molar-refractivity contribution in [3.63, 3.8) is 0 Å². The summed E-state index contributed by atoms with van der Waals surface area (Å²) in [6.45, 7) is 0. The molecule has 0 heterocycles. The highest BCUT2D eigenvalue weighted by Gasteiger charge is 1.94. The Morgan fingerprint density at radius 3 is 2.44 bits per heavy atom. The van der Waals surface area contributed by atoms with Crippen molar-refractivity contribution in [2.45, 2.75) is 0 Å². The van der Waals surface area contributed by atoms with E-state index in [2.05, 4.69) is 5.11 Å². The van der Waals surface area contributed by atoms with Crippen LogP contribution >= 0.6 is 0 Å². The first-order valence-electron chi connectivity index (χ1n) is 2.46. The molecule has 1 aromatic carbocycles. The minimum Gasteiger partial charge on any atom is -0.205 e. The van der Waals surface area contributed by atoms with Crippen molar-refractivity contribution >= 4 is 5.69 Å². The Labute approximate surface area is 51.8 Å². The Bertz CT molecular complexity index is 222. The molecule has 0 amide bonds. The zero-order chi connectivity index (χ0) is 6.69. The Morgan fingerprint density at radius 1 is 1.33 bits per heavy atom. The second kappa shape index (κ2) is 2.35. The minimum absolute atomic E-state index is 0.0810. The lowest BCUT2D eigenvalue weighted by molar-refractivity contribution is 0.627. The second-order valence-corrected chi connectivity index (χ2v) is 1.56. The quantitative estimate of drug-likeness (QED) is 0.558. The maximum absolute atomic E-state index is 12.4. The lowest BCUT2D eigenvalue weighted by atomic mass is 10.3. The smallest absolute Gasteiger partial charge is 0.150 e. The highest BCUT2D eigenvalue weighted by molar-refractivity contribution is 5.36. The summed E-state index contributed by atoms with van der Waals surface area (Å²) in [7, 11) is 0. The lowest BCUT2D eigenvalue weighted by Gasteiger charge is -1.88. The molecule has 1 aromatic rings. The van der Waals surface area contributed by atoms with Crippen LogP contribution in [0.5, 0.6) is 0 Å². The van der Waals surface area contributed by atoms with E-state index in [-0.39, 0.29) is 5.69 Å². The van der Waals surface area contributed by atoms with E-state index in [0.29, 0.717) is 0 Å². The van der Waals surface area contributed by atoms with E-state index in [1.165, 1.54) is 12.1 Å². The number of rotatable bonds is 1. The zero-order valence-corrected chi connectivity index (χ0v) is 4.63. The van der Waals surface area contributed by atoms with Crippen LogP contribution in [0.3, 0.4) is 0 Å². The first kappa shape index (κ1) is 5.88. The van der Waals surface area contributed by atoms with Crippen molar-refractivity contribution in [3.8, 4) is 0 Å². The molecular weight excluding hydrogens is 119 g/mol. The van der Waals surface area contributed by atoms with Crippen LogP contribution in [0.4, 0.5) is 10.1 Å². The van der Waals surface area contributed by atoms with Gasteiger partial charge in [0.15, 0.2) is 5.82 Å². The molecular formula is C6H5FN2. The summed E-state index contributed by atoms with van der Waals surface area (Å²) < 4.78 is 12.4. The first-order valence-corrected chi connectivity index (χ1v) is 2.46. The van der Waals surface area contributed by atoms with E-state index in [1.807, 2.05) is 0 Å². The van der Waals surface area contributed by atoms with Gasteiger partial charge in [-0.05, 0) is 12.1 Å². The number of hydrogen-bond acceptors (Lipinski definition) is 2. The predicted molar refractivity (Wildman–Crippen MR) is 31.2 cm³/mol. The largest absolute Gasteiger partial charge is 0.205 e. The molecule has 0 spiro atoms. The third-order valence-electron chi connectivity index (χ3n) is 0.973. The number of nitrogens with one attached hydrogen (secondary N) is 1. The standard InChI is InChI=1S/C6H5FN2/c7-5-3-1-2-4-6(5)9-8/h1-4,8H. The number of nitrogens with zero attached hydrogens (tertiary/aromatic N) is 1. The van der Waals surface area contributed by atoms with Crippen molar-refractivity contribution in [1.82, 2.24) is 0 Å². The Balaban J connectivity index is 3.15. The normalized spacial score (nSPS) is 9.00. The fraction of sp³-hybridized carbons (Fsp3) is 0. The van der Waals surface area contributed by atoms with E-state index >= 15 is 0 Å². The van der Waals surface area contributed by atoms with Crippen molar-refractivity contribution in [2.24, 2.45) is 5.11 Å². The van der Waals surface area contributed by atoms with E-state index < -0.39 is 5.82 Å². The van der Waals surface area contributed by atoms with Gasteiger partial charge >= 0.3 is 0 Å². The van der Waals surface area contributed by atoms with Gasteiger partial charge in [0, 0.05) is 0 Å². The molecule has 0 saturated heterocycles. The van der Waals surface area contributed by atoms with Gasteiger partial charge in [-0.25, -0.2) is 9.92 Å². The highest BCUT2D eigenvalue weighted by atomic mass is 19.1. The molecule has 2 nitrogen and oxygen atoms in total. The van der Waals surface area contributed by atoms with Crippen LogP contribution in [-0.4, -0.2) is 0 Å². The van der Waals surface area contributed by atoms with Crippen LogP contribution in [-0.2, 0) is 0 Å². The summed E-state index contributed by atoms with van der Waals surface area (Å²) in [6.07, 6.45) is 0. The van der Waals surface area contributed by atoms with Gasteiger partial charge < -0.3 is 0 Å². The second-order valence-electron chi connectivity index (χ2n) is 1.56. The van der Waals surface area contributed by atoms with Crippen LogP contribution in [0.2, 0.25) is 0 Å². The maximum Gasteiger partial charge on any atom is 0.150 e. The molecule has 1 N–H and O–H groups in total. The summed E-state index contributed by atoms with van der Waals surface area (Å²) >= 11 is 0. The van der Waals surface area contributed by atoms with Gasteiger partial charge in [0.2, 0.25) is 0 Å². The van der Waals surface area contributed by atoms with Crippen LogP contribution < -0.4 is 0 Å². The van der Waals surface area contributed by atoms with Gasteiger partial charge in [-0.1, -0.05) is 12.1 Å². The zero-order valence-electron chi connectivity index (χ0n) is 4.63. The molecule has 0 bridgehead atoms. The summed E-state index contributed by atoms with van der Waals surface area (Å²) in [6, 6.07) is 5.91. The summed E-state index contributed by atoms with van der Waals surface area (Å²) in [4.78, 5) is 0. The topological polar surface area (TPSA) is 36.2 Å².